The lowest BCUT2D eigenvalue weighted by Gasteiger charge is -2.12. The number of carbonyl (C=O) groups excluding carboxylic acids is 2. The lowest BCUT2D eigenvalue weighted by molar-refractivity contribution is -0.136. The largest absolute Gasteiger partial charge is 0.495 e. The molecule has 1 aromatic heterocycles. The zero-order valence-corrected chi connectivity index (χ0v) is 15.1. The van der Waals surface area contributed by atoms with E-state index in [1.165, 1.54) is 7.11 Å². The van der Waals surface area contributed by atoms with Gasteiger partial charge in [0, 0.05) is 36.3 Å². The molecular weight excluding hydrogens is 346 g/mol. The number of benzene rings is 2. The normalized spacial score (nSPS) is 11.8. The van der Waals surface area contributed by atoms with Crippen LogP contribution < -0.4 is 15.4 Å². The average molecular weight is 367 g/mol. The number of ether oxygens (including phenoxy) is 1. The zero-order chi connectivity index (χ0) is 19.4. The number of fused-ring (bicyclic) bond motifs is 1. The van der Waals surface area contributed by atoms with Gasteiger partial charge in [-0.05, 0) is 18.2 Å². The molecule has 0 aliphatic rings. The van der Waals surface area contributed by atoms with Crippen LogP contribution in [0.5, 0.6) is 5.75 Å². The van der Waals surface area contributed by atoms with Crippen molar-refractivity contribution in [2.75, 3.05) is 19.0 Å². The number of aryl methyl sites for hydroxylation is 1. The van der Waals surface area contributed by atoms with Crippen molar-refractivity contribution in [1.82, 2.24) is 9.88 Å². The van der Waals surface area contributed by atoms with Gasteiger partial charge in [0.1, 0.15) is 5.75 Å². The Hall–Kier alpha value is -3.32. The summed E-state index contributed by atoms with van der Waals surface area (Å²) in [5, 5.41) is 16.3. The van der Waals surface area contributed by atoms with Crippen LogP contribution in [0.15, 0.2) is 54.7 Å². The Morgan fingerprint density at radius 2 is 1.81 bits per heavy atom. The highest BCUT2D eigenvalue weighted by Crippen LogP contribution is 2.25. The molecule has 0 spiro atoms. The summed E-state index contributed by atoms with van der Waals surface area (Å²) in [5.74, 6) is -1.21. The summed E-state index contributed by atoms with van der Waals surface area (Å²) in [5.41, 5.74) is 2.07. The van der Waals surface area contributed by atoms with Crippen LogP contribution in [0.2, 0.25) is 0 Å². The first-order valence-electron chi connectivity index (χ1n) is 8.45. The fourth-order valence-corrected chi connectivity index (χ4v) is 2.95. The second-order valence-corrected chi connectivity index (χ2v) is 6.09. The van der Waals surface area contributed by atoms with E-state index in [1.54, 1.807) is 24.3 Å². The predicted molar refractivity (Wildman–Crippen MR) is 103 cm³/mol. The van der Waals surface area contributed by atoms with E-state index in [4.69, 9.17) is 4.74 Å². The topological polar surface area (TPSA) is 92.6 Å². The Bertz CT molecular complexity index is 980. The number of hydrogen-bond donors (Lipinski definition) is 3. The molecule has 3 rings (SSSR count). The smallest absolute Gasteiger partial charge is 0.313 e. The van der Waals surface area contributed by atoms with Gasteiger partial charge in [0.25, 0.3) is 0 Å². The lowest BCUT2D eigenvalue weighted by Crippen LogP contribution is -2.37. The summed E-state index contributed by atoms with van der Waals surface area (Å²) in [6.07, 6.45) is 0.884. The van der Waals surface area contributed by atoms with Crippen LogP contribution in [-0.2, 0) is 16.6 Å². The number of methoxy groups -OCH3 is 1. The van der Waals surface area contributed by atoms with E-state index in [9.17, 15) is 14.7 Å². The second-order valence-electron chi connectivity index (χ2n) is 6.09. The number of anilines is 1. The predicted octanol–water partition coefficient (Wildman–Crippen LogP) is 1.98. The number of nitrogens with zero attached hydrogens (tertiary/aromatic N) is 1. The summed E-state index contributed by atoms with van der Waals surface area (Å²) in [6.45, 7) is -0.0772. The van der Waals surface area contributed by atoms with Crippen LogP contribution >= 0.6 is 0 Å². The van der Waals surface area contributed by atoms with Gasteiger partial charge in [-0.25, -0.2) is 0 Å². The first-order valence-corrected chi connectivity index (χ1v) is 8.45. The monoisotopic (exact) mass is 367 g/mol. The summed E-state index contributed by atoms with van der Waals surface area (Å²) in [4.78, 5) is 24.2. The molecule has 0 radical (unpaired) electrons. The summed E-state index contributed by atoms with van der Waals surface area (Å²) >= 11 is 0. The van der Waals surface area contributed by atoms with Crippen molar-refractivity contribution >= 4 is 28.4 Å². The highest BCUT2D eigenvalue weighted by molar-refractivity contribution is 6.39. The third-order valence-electron chi connectivity index (χ3n) is 4.30. The van der Waals surface area contributed by atoms with Crippen molar-refractivity contribution in [1.29, 1.82) is 0 Å². The Morgan fingerprint density at radius 1 is 1.11 bits per heavy atom. The van der Waals surface area contributed by atoms with E-state index in [2.05, 4.69) is 10.6 Å². The minimum atomic E-state index is -0.931. The zero-order valence-electron chi connectivity index (χ0n) is 15.1. The maximum atomic E-state index is 12.1. The van der Waals surface area contributed by atoms with Gasteiger partial charge in [0.2, 0.25) is 0 Å². The molecule has 2 aromatic carbocycles. The molecule has 3 N–H and O–H groups in total. The van der Waals surface area contributed by atoms with Gasteiger partial charge in [0.05, 0.1) is 18.9 Å². The minimum absolute atomic E-state index is 0.0772. The first kappa shape index (κ1) is 18.5. The maximum Gasteiger partial charge on any atom is 0.313 e. The number of para-hydroxylation sites is 3. The van der Waals surface area contributed by atoms with Gasteiger partial charge in [-0.15, -0.1) is 0 Å². The number of aromatic nitrogens is 1. The number of rotatable bonds is 5. The molecule has 3 aromatic rings. The molecule has 0 saturated carbocycles. The Balaban J connectivity index is 1.63. The number of aliphatic hydroxyl groups is 1. The Morgan fingerprint density at radius 3 is 2.59 bits per heavy atom. The van der Waals surface area contributed by atoms with E-state index >= 15 is 0 Å². The summed E-state index contributed by atoms with van der Waals surface area (Å²) < 4.78 is 7.04. The molecule has 0 aliphatic heterocycles. The summed E-state index contributed by atoms with van der Waals surface area (Å²) in [6, 6.07) is 14.5. The molecule has 0 fully saturated rings. The fraction of sp³-hybridized carbons (Fsp3) is 0.200. The minimum Gasteiger partial charge on any atom is -0.495 e. The van der Waals surface area contributed by atoms with E-state index in [1.807, 2.05) is 42.1 Å². The number of hydrogen-bond acceptors (Lipinski definition) is 4. The van der Waals surface area contributed by atoms with E-state index in [0.717, 1.165) is 10.9 Å². The maximum absolute atomic E-state index is 12.1. The number of carbonyl (C=O) groups is 2. The number of nitrogens with one attached hydrogen (secondary N) is 2. The molecule has 7 nitrogen and oxygen atoms in total. The number of aliphatic hydroxyl groups excluding tert-OH is 1. The molecule has 0 aliphatic carbocycles. The van der Waals surface area contributed by atoms with Gasteiger partial charge in [-0.1, -0.05) is 30.3 Å². The van der Waals surface area contributed by atoms with Crippen LogP contribution in [0.4, 0.5) is 5.69 Å². The molecule has 27 heavy (non-hydrogen) atoms. The van der Waals surface area contributed by atoms with Gasteiger partial charge in [-0.2, -0.15) is 0 Å². The van der Waals surface area contributed by atoms with Gasteiger partial charge in [0.15, 0.2) is 0 Å². The van der Waals surface area contributed by atoms with Crippen molar-refractivity contribution < 1.29 is 19.4 Å². The third-order valence-corrected chi connectivity index (χ3v) is 4.30. The van der Waals surface area contributed by atoms with Crippen molar-refractivity contribution in [3.05, 3.63) is 60.3 Å². The molecule has 140 valence electrons. The fourth-order valence-electron chi connectivity index (χ4n) is 2.95. The highest BCUT2D eigenvalue weighted by atomic mass is 16.5. The average Bonchev–Trinajstić information content (AvgIpc) is 3.03. The highest BCUT2D eigenvalue weighted by Gasteiger charge is 2.19. The molecule has 1 heterocycles. The Labute approximate surface area is 156 Å². The SMILES string of the molecule is COc1ccccc1NC(=O)C(=O)NCC(O)c1cn(C)c2ccccc12. The van der Waals surface area contributed by atoms with Crippen LogP contribution in [-0.4, -0.2) is 35.1 Å². The first-order chi connectivity index (χ1) is 13.0. The number of amides is 2. The van der Waals surface area contributed by atoms with E-state index in [-0.39, 0.29) is 6.54 Å². The Kier molecular flexibility index (Phi) is 5.42. The third kappa shape index (κ3) is 3.93. The molecule has 0 saturated heterocycles. The van der Waals surface area contributed by atoms with E-state index < -0.39 is 17.9 Å². The summed E-state index contributed by atoms with van der Waals surface area (Å²) in [7, 11) is 3.36. The quantitative estimate of drug-likeness (QED) is 0.601. The van der Waals surface area contributed by atoms with E-state index in [0.29, 0.717) is 17.0 Å². The molecular formula is C20H21N3O4. The van der Waals surface area contributed by atoms with Crippen LogP contribution in [0.25, 0.3) is 10.9 Å². The molecule has 2 amide bonds. The van der Waals surface area contributed by atoms with Crippen molar-refractivity contribution in [2.45, 2.75) is 6.10 Å². The molecule has 7 heteroatoms. The lowest BCUT2D eigenvalue weighted by atomic mass is 10.1. The van der Waals surface area contributed by atoms with Crippen LogP contribution in [0.3, 0.4) is 0 Å². The van der Waals surface area contributed by atoms with Gasteiger partial charge >= 0.3 is 11.8 Å². The van der Waals surface area contributed by atoms with Gasteiger partial charge < -0.3 is 25.0 Å². The van der Waals surface area contributed by atoms with Crippen molar-refractivity contribution in [3.8, 4) is 5.75 Å². The van der Waals surface area contributed by atoms with Crippen molar-refractivity contribution in [2.24, 2.45) is 7.05 Å². The second kappa shape index (κ2) is 7.92. The molecule has 0 bridgehead atoms. The van der Waals surface area contributed by atoms with Gasteiger partial charge in [-0.3, -0.25) is 9.59 Å². The standard InChI is InChI=1S/C20H21N3O4/c1-23-12-14(13-7-3-5-9-16(13)23)17(24)11-21-19(25)20(26)22-15-8-4-6-10-18(15)27-2/h3-10,12,17,24H,11H2,1-2H3,(H,21,25)(H,22,26). The van der Waals surface area contributed by atoms with Crippen molar-refractivity contribution in [3.63, 3.8) is 0 Å². The molecule has 1 atom stereocenters. The molecule has 1 unspecified atom stereocenters. The van der Waals surface area contributed by atoms with Crippen LogP contribution in [0.1, 0.15) is 11.7 Å². The van der Waals surface area contributed by atoms with Crippen LogP contribution in [0, 0.1) is 0 Å².